The molecular formula is C17H24N2O4. The molecule has 2 unspecified atom stereocenters. The second kappa shape index (κ2) is 6.48. The zero-order valence-corrected chi connectivity index (χ0v) is 14.0. The maximum absolute atomic E-state index is 12.6. The van der Waals surface area contributed by atoms with Crippen molar-refractivity contribution in [2.75, 3.05) is 12.8 Å². The van der Waals surface area contributed by atoms with Gasteiger partial charge in [-0.15, -0.1) is 0 Å². The van der Waals surface area contributed by atoms with E-state index >= 15 is 0 Å². The smallest absolute Gasteiger partial charge is 0.411 e. The molecule has 23 heavy (non-hydrogen) atoms. The van der Waals surface area contributed by atoms with E-state index in [9.17, 15) is 9.59 Å². The van der Waals surface area contributed by atoms with Crippen LogP contribution < -0.4 is 5.73 Å². The van der Waals surface area contributed by atoms with E-state index in [0.717, 1.165) is 5.56 Å². The monoisotopic (exact) mass is 320 g/mol. The fourth-order valence-electron chi connectivity index (χ4n) is 2.84. The molecule has 0 spiro atoms. The molecule has 0 radical (unpaired) electrons. The molecule has 1 heterocycles. The molecule has 1 aromatic carbocycles. The molecule has 1 amide bonds. The molecule has 1 aromatic rings. The molecular weight excluding hydrogens is 296 g/mol. The van der Waals surface area contributed by atoms with Gasteiger partial charge < -0.3 is 15.2 Å². The van der Waals surface area contributed by atoms with Gasteiger partial charge >= 0.3 is 12.1 Å². The molecule has 6 heteroatoms. The molecule has 1 aliphatic heterocycles. The molecule has 1 saturated heterocycles. The molecule has 1 aliphatic rings. The highest BCUT2D eigenvalue weighted by Crippen LogP contribution is 2.38. The van der Waals surface area contributed by atoms with Gasteiger partial charge in [-0.05, 0) is 51.3 Å². The molecule has 126 valence electrons. The number of nitrogens with two attached hydrogens (primary N) is 1. The Kier molecular flexibility index (Phi) is 4.82. The lowest BCUT2D eigenvalue weighted by Gasteiger charge is -2.31. The summed E-state index contributed by atoms with van der Waals surface area (Å²) >= 11 is 0. The number of carbonyl (C=O) groups is 2. The minimum absolute atomic E-state index is 0.252. The van der Waals surface area contributed by atoms with Crippen molar-refractivity contribution in [2.45, 2.75) is 51.3 Å². The Morgan fingerprint density at radius 2 is 1.96 bits per heavy atom. The second-order valence-corrected chi connectivity index (χ2v) is 6.69. The number of hydrogen-bond donors (Lipinski definition) is 1. The number of esters is 1. The van der Waals surface area contributed by atoms with E-state index in [1.54, 1.807) is 26.8 Å². The van der Waals surface area contributed by atoms with Gasteiger partial charge in [0, 0.05) is 5.69 Å². The highest BCUT2D eigenvalue weighted by atomic mass is 16.6. The first kappa shape index (κ1) is 17.1. The van der Waals surface area contributed by atoms with Crippen molar-refractivity contribution in [1.29, 1.82) is 0 Å². The van der Waals surface area contributed by atoms with E-state index in [2.05, 4.69) is 0 Å². The average Bonchev–Trinajstić information content (AvgIpc) is 2.89. The number of rotatable bonds is 2. The van der Waals surface area contributed by atoms with Crippen molar-refractivity contribution in [1.82, 2.24) is 4.90 Å². The molecule has 0 saturated carbocycles. The lowest BCUT2D eigenvalue weighted by molar-refractivity contribution is -0.146. The van der Waals surface area contributed by atoms with Crippen molar-refractivity contribution in [3.8, 4) is 0 Å². The Morgan fingerprint density at radius 3 is 2.52 bits per heavy atom. The van der Waals surface area contributed by atoms with Gasteiger partial charge in [-0.25, -0.2) is 9.59 Å². The summed E-state index contributed by atoms with van der Waals surface area (Å²) in [6.07, 6.45) is 0.672. The highest BCUT2D eigenvalue weighted by Gasteiger charge is 2.44. The maximum atomic E-state index is 12.6. The van der Waals surface area contributed by atoms with Crippen LogP contribution in [0.4, 0.5) is 10.5 Å². The third-order valence-electron chi connectivity index (χ3n) is 3.76. The summed E-state index contributed by atoms with van der Waals surface area (Å²) in [6.45, 7) is 5.39. The zero-order valence-electron chi connectivity index (χ0n) is 14.0. The third kappa shape index (κ3) is 3.94. The number of nitrogens with zero attached hydrogens (tertiary/aromatic N) is 1. The summed E-state index contributed by atoms with van der Waals surface area (Å²) in [4.78, 5) is 26.1. The van der Waals surface area contributed by atoms with Gasteiger partial charge in [0.25, 0.3) is 0 Å². The number of anilines is 1. The average molecular weight is 320 g/mol. The number of amides is 1. The van der Waals surface area contributed by atoms with Crippen LogP contribution in [0.25, 0.3) is 0 Å². The van der Waals surface area contributed by atoms with Crippen molar-refractivity contribution in [2.24, 2.45) is 0 Å². The topological polar surface area (TPSA) is 81.9 Å². The number of hydrogen-bond acceptors (Lipinski definition) is 5. The van der Waals surface area contributed by atoms with Crippen molar-refractivity contribution in [3.05, 3.63) is 29.8 Å². The van der Waals surface area contributed by atoms with Gasteiger partial charge in [-0.1, -0.05) is 12.1 Å². The first-order valence-electron chi connectivity index (χ1n) is 7.67. The normalized spacial score (nSPS) is 21.1. The molecule has 2 N–H and O–H groups in total. The number of carbonyl (C=O) groups excluding carboxylic acids is 2. The zero-order chi connectivity index (χ0) is 17.2. The molecule has 2 atom stereocenters. The number of likely N-dealkylation sites (tertiary alicyclic amines) is 1. The van der Waals surface area contributed by atoms with Crippen LogP contribution in [0.15, 0.2) is 24.3 Å². The molecule has 0 bridgehead atoms. The van der Waals surface area contributed by atoms with Gasteiger partial charge in [-0.3, -0.25) is 4.90 Å². The van der Waals surface area contributed by atoms with Gasteiger partial charge in [0.05, 0.1) is 13.2 Å². The molecule has 6 nitrogen and oxygen atoms in total. The van der Waals surface area contributed by atoms with Gasteiger partial charge in [-0.2, -0.15) is 0 Å². The van der Waals surface area contributed by atoms with E-state index < -0.39 is 23.7 Å². The Labute approximate surface area is 136 Å². The van der Waals surface area contributed by atoms with Crippen LogP contribution in [0.5, 0.6) is 0 Å². The van der Waals surface area contributed by atoms with E-state index in [1.165, 1.54) is 12.0 Å². The van der Waals surface area contributed by atoms with Crippen LogP contribution in [-0.2, 0) is 14.3 Å². The number of methoxy groups -OCH3 is 1. The minimum atomic E-state index is -0.638. The van der Waals surface area contributed by atoms with Gasteiger partial charge in [0.2, 0.25) is 0 Å². The summed E-state index contributed by atoms with van der Waals surface area (Å²) in [6, 6.07) is 6.45. The lowest BCUT2D eigenvalue weighted by atomic mass is 10.0. The summed E-state index contributed by atoms with van der Waals surface area (Å²) < 4.78 is 10.3. The number of nitrogen functional groups attached to an aromatic ring is 1. The lowest BCUT2D eigenvalue weighted by Crippen LogP contribution is -2.44. The highest BCUT2D eigenvalue weighted by molar-refractivity contribution is 5.82. The number of ether oxygens (including phenoxy) is 2. The molecule has 1 fully saturated rings. The van der Waals surface area contributed by atoms with E-state index in [1.807, 2.05) is 18.2 Å². The first-order valence-corrected chi connectivity index (χ1v) is 7.67. The minimum Gasteiger partial charge on any atom is -0.467 e. The van der Waals surface area contributed by atoms with Crippen LogP contribution >= 0.6 is 0 Å². The fraction of sp³-hybridized carbons (Fsp3) is 0.529. The fourth-order valence-corrected chi connectivity index (χ4v) is 2.84. The van der Waals surface area contributed by atoms with Crippen LogP contribution in [0.3, 0.4) is 0 Å². The van der Waals surface area contributed by atoms with Crippen LogP contribution in [0, 0.1) is 0 Å². The van der Waals surface area contributed by atoms with Crippen LogP contribution in [-0.4, -0.2) is 35.7 Å². The van der Waals surface area contributed by atoms with Crippen LogP contribution in [0.2, 0.25) is 0 Å². The summed E-state index contributed by atoms with van der Waals surface area (Å²) in [7, 11) is 1.32. The predicted octanol–water partition coefficient (Wildman–Crippen LogP) is 2.88. The Morgan fingerprint density at radius 1 is 1.26 bits per heavy atom. The quantitative estimate of drug-likeness (QED) is 0.669. The third-order valence-corrected chi connectivity index (χ3v) is 3.76. The van der Waals surface area contributed by atoms with Crippen molar-refractivity contribution < 1.29 is 19.1 Å². The van der Waals surface area contributed by atoms with E-state index in [-0.39, 0.29) is 6.04 Å². The van der Waals surface area contributed by atoms with E-state index in [0.29, 0.717) is 18.5 Å². The Bertz CT molecular complexity index is 595. The SMILES string of the molecule is COC(=O)C1CCC(c2cccc(N)c2)N1C(=O)OC(C)(C)C. The summed E-state index contributed by atoms with van der Waals surface area (Å²) in [5.74, 6) is -0.428. The second-order valence-electron chi connectivity index (χ2n) is 6.69. The Balaban J connectivity index is 2.33. The largest absolute Gasteiger partial charge is 0.467 e. The van der Waals surface area contributed by atoms with Crippen molar-refractivity contribution >= 4 is 17.7 Å². The molecule has 0 aliphatic carbocycles. The van der Waals surface area contributed by atoms with Gasteiger partial charge in [0.1, 0.15) is 11.6 Å². The molecule has 2 rings (SSSR count). The Hall–Kier alpha value is -2.24. The van der Waals surface area contributed by atoms with Crippen molar-refractivity contribution in [3.63, 3.8) is 0 Å². The molecule has 0 aromatic heterocycles. The first-order chi connectivity index (χ1) is 10.7. The standard InChI is InChI=1S/C17H24N2O4/c1-17(2,3)23-16(21)19-13(8-9-14(19)15(20)22-4)11-6-5-7-12(18)10-11/h5-7,10,13-14H,8-9,18H2,1-4H3. The summed E-state index contributed by atoms with van der Waals surface area (Å²) in [5, 5.41) is 0. The van der Waals surface area contributed by atoms with Gasteiger partial charge in [0.15, 0.2) is 0 Å². The number of benzene rings is 1. The summed E-state index contributed by atoms with van der Waals surface area (Å²) in [5.41, 5.74) is 6.72. The maximum Gasteiger partial charge on any atom is 0.411 e. The van der Waals surface area contributed by atoms with E-state index in [4.69, 9.17) is 15.2 Å². The predicted molar refractivity (Wildman–Crippen MR) is 86.7 cm³/mol. The van der Waals surface area contributed by atoms with Crippen LogP contribution in [0.1, 0.15) is 45.2 Å².